The van der Waals surface area contributed by atoms with Crippen LogP contribution in [0.4, 0.5) is 0 Å². The number of carboxylic acid groups (broad SMARTS) is 2. The van der Waals surface area contributed by atoms with Crippen LogP contribution < -0.4 is 61.0 Å². The number of hydrogen-bond acceptors (Lipinski definition) is 13. The van der Waals surface area contributed by atoms with Gasteiger partial charge in [0.1, 0.15) is 30.2 Å². The van der Waals surface area contributed by atoms with Crippen LogP contribution in [0.25, 0.3) is 0 Å². The molecule has 20 nitrogen and oxygen atoms in total. The Morgan fingerprint density at radius 2 is 0.655 bits per heavy atom. The molecule has 318 valence electrons. The lowest BCUT2D eigenvalue weighted by Crippen LogP contribution is -2.59. The molecular formula is C35H69N11O9. The minimum atomic E-state index is -1.52. The smallest absolute Gasteiger partial charge is 0.326 e. The SMILES string of the molecule is NCCCC[C@H](NC(=O)[C@H](CCCCN)NC(=O)[C@H](CCCCN)NC(=O)[C@H](CCCCN)NC(=O)[C@@H](N)CCCCN)C(=O)N[C@@H](CCC(=O)O)C(=O)O. The summed E-state index contributed by atoms with van der Waals surface area (Å²) in [6, 6.07) is -6.97. The summed E-state index contributed by atoms with van der Waals surface area (Å²) in [6.07, 6.45) is 5.30. The third-order valence-electron chi connectivity index (χ3n) is 8.89. The second-order valence-electron chi connectivity index (χ2n) is 13.6. The van der Waals surface area contributed by atoms with E-state index in [2.05, 4.69) is 26.6 Å². The van der Waals surface area contributed by atoms with Crippen molar-refractivity contribution >= 4 is 41.5 Å². The van der Waals surface area contributed by atoms with E-state index in [1.165, 1.54) is 0 Å². The molecule has 0 bridgehead atoms. The van der Waals surface area contributed by atoms with E-state index in [0.717, 1.165) is 0 Å². The highest BCUT2D eigenvalue weighted by Gasteiger charge is 2.32. The number of carbonyl (C=O) groups is 7. The average Bonchev–Trinajstić information content (AvgIpc) is 3.14. The van der Waals surface area contributed by atoms with Crippen molar-refractivity contribution in [2.75, 3.05) is 32.7 Å². The number of carboxylic acids is 2. The third-order valence-corrected chi connectivity index (χ3v) is 8.89. The average molecular weight is 788 g/mol. The summed E-state index contributed by atoms with van der Waals surface area (Å²) in [7, 11) is 0. The second kappa shape index (κ2) is 31.3. The van der Waals surface area contributed by atoms with Crippen LogP contribution in [0.2, 0.25) is 0 Å². The lowest BCUT2D eigenvalue weighted by atomic mass is 10.0. The van der Waals surface area contributed by atoms with Gasteiger partial charge in [-0.1, -0.05) is 6.42 Å². The minimum Gasteiger partial charge on any atom is -0.481 e. The third kappa shape index (κ3) is 23.5. The zero-order chi connectivity index (χ0) is 41.6. The molecule has 0 aliphatic carbocycles. The number of rotatable bonds is 34. The molecule has 20 heteroatoms. The van der Waals surface area contributed by atoms with Crippen LogP contribution in [-0.4, -0.2) is 121 Å². The van der Waals surface area contributed by atoms with E-state index in [1.54, 1.807) is 0 Å². The van der Waals surface area contributed by atoms with Gasteiger partial charge in [0.15, 0.2) is 0 Å². The van der Waals surface area contributed by atoms with Gasteiger partial charge in [0, 0.05) is 6.42 Å². The van der Waals surface area contributed by atoms with Crippen LogP contribution >= 0.6 is 0 Å². The van der Waals surface area contributed by atoms with Gasteiger partial charge >= 0.3 is 11.9 Å². The number of hydrogen-bond donors (Lipinski definition) is 13. The van der Waals surface area contributed by atoms with E-state index >= 15 is 0 Å². The highest BCUT2D eigenvalue weighted by molar-refractivity contribution is 5.96. The number of amides is 5. The zero-order valence-corrected chi connectivity index (χ0v) is 32.2. The Balaban J connectivity index is 6.25. The summed E-state index contributed by atoms with van der Waals surface area (Å²) in [6.45, 7) is 1.77. The summed E-state index contributed by atoms with van der Waals surface area (Å²) >= 11 is 0. The maximum absolute atomic E-state index is 13.9. The fourth-order valence-corrected chi connectivity index (χ4v) is 5.58. The van der Waals surface area contributed by atoms with Gasteiger partial charge in [0.2, 0.25) is 29.5 Å². The van der Waals surface area contributed by atoms with Crippen LogP contribution in [0.5, 0.6) is 0 Å². The Labute approximate surface area is 324 Å². The minimum absolute atomic E-state index is 0.0786. The van der Waals surface area contributed by atoms with Crippen molar-refractivity contribution < 1.29 is 43.8 Å². The van der Waals surface area contributed by atoms with Crippen molar-refractivity contribution in [1.29, 1.82) is 0 Å². The molecular weight excluding hydrogens is 718 g/mol. The predicted octanol–water partition coefficient (Wildman–Crippen LogP) is -2.67. The second-order valence-corrected chi connectivity index (χ2v) is 13.6. The molecule has 0 rings (SSSR count). The molecule has 0 fully saturated rings. The fraction of sp³-hybridized carbons (Fsp3) is 0.800. The van der Waals surface area contributed by atoms with E-state index in [1.807, 2.05) is 0 Å². The first-order valence-electron chi connectivity index (χ1n) is 19.5. The molecule has 55 heavy (non-hydrogen) atoms. The molecule has 0 aromatic heterocycles. The topological polar surface area (TPSA) is 376 Å². The number of nitrogens with two attached hydrogens (primary N) is 6. The maximum atomic E-state index is 13.9. The first kappa shape index (κ1) is 51.0. The highest BCUT2D eigenvalue weighted by Crippen LogP contribution is 2.10. The number of carbonyl (C=O) groups excluding carboxylic acids is 5. The Morgan fingerprint density at radius 1 is 0.382 bits per heavy atom. The van der Waals surface area contributed by atoms with Gasteiger partial charge in [-0.3, -0.25) is 28.8 Å². The molecule has 0 aromatic carbocycles. The molecule has 0 heterocycles. The molecule has 0 unspecified atom stereocenters. The van der Waals surface area contributed by atoms with Crippen molar-refractivity contribution in [3.63, 3.8) is 0 Å². The van der Waals surface area contributed by atoms with Gasteiger partial charge in [0.05, 0.1) is 6.04 Å². The Kier molecular flexibility index (Phi) is 29.0. The van der Waals surface area contributed by atoms with Crippen molar-refractivity contribution in [3.05, 3.63) is 0 Å². The van der Waals surface area contributed by atoms with Crippen LogP contribution in [-0.2, 0) is 33.6 Å². The van der Waals surface area contributed by atoms with Crippen LogP contribution in [0, 0.1) is 0 Å². The summed E-state index contributed by atoms with van der Waals surface area (Å²) in [4.78, 5) is 90.3. The Bertz CT molecular complexity index is 1160. The van der Waals surface area contributed by atoms with E-state index in [4.69, 9.17) is 39.5 Å². The Hall–Kier alpha value is -3.95. The van der Waals surface area contributed by atoms with Crippen LogP contribution in [0.1, 0.15) is 109 Å². The summed E-state index contributed by atoms with van der Waals surface area (Å²) in [5, 5.41) is 31.6. The predicted molar refractivity (Wildman–Crippen MR) is 207 cm³/mol. The molecule has 0 aromatic rings. The van der Waals surface area contributed by atoms with E-state index in [-0.39, 0.29) is 32.1 Å². The molecule has 19 N–H and O–H groups in total. The van der Waals surface area contributed by atoms with Gasteiger partial charge < -0.3 is 71.2 Å². The number of unbranched alkanes of at least 4 members (excludes halogenated alkanes) is 5. The summed E-state index contributed by atoms with van der Waals surface area (Å²) in [5.41, 5.74) is 34.2. The molecule has 5 amide bonds. The largest absolute Gasteiger partial charge is 0.481 e. The molecule has 0 spiro atoms. The Morgan fingerprint density at radius 3 is 0.927 bits per heavy atom. The first-order valence-corrected chi connectivity index (χ1v) is 19.5. The van der Waals surface area contributed by atoms with Crippen molar-refractivity contribution in [2.24, 2.45) is 34.4 Å². The van der Waals surface area contributed by atoms with E-state index in [0.29, 0.717) is 103 Å². The van der Waals surface area contributed by atoms with Crippen molar-refractivity contribution in [2.45, 2.75) is 145 Å². The van der Waals surface area contributed by atoms with Crippen molar-refractivity contribution in [1.82, 2.24) is 26.6 Å². The molecule has 0 saturated heterocycles. The molecule has 0 radical (unpaired) electrons. The quantitative estimate of drug-likeness (QED) is 0.0296. The fourth-order valence-electron chi connectivity index (χ4n) is 5.58. The van der Waals surface area contributed by atoms with E-state index in [9.17, 15) is 38.7 Å². The number of nitrogens with one attached hydrogen (secondary N) is 5. The standard InChI is InChI=1S/C35H69N11O9/c36-18-6-1-11-23(41)30(49)42-24(12-2-7-19-37)31(50)43-25(13-3-8-20-38)32(51)44-26(14-4-9-21-39)33(52)45-27(15-5-10-22-40)34(53)46-28(35(54)55)16-17-29(47)48/h23-28H,1-22,36-41H2,(H,42,49)(H,43,50)(H,44,51)(H,45,52)(H,46,53)(H,47,48)(H,54,55)/t23-,24-,25-,26-,27-,28-/m0/s1. The molecule has 0 saturated carbocycles. The van der Waals surface area contributed by atoms with Crippen LogP contribution in [0.15, 0.2) is 0 Å². The summed E-state index contributed by atoms with van der Waals surface area (Å²) < 4.78 is 0. The molecule has 0 aliphatic heterocycles. The van der Waals surface area contributed by atoms with Gasteiger partial charge in [-0.2, -0.15) is 0 Å². The normalized spacial score (nSPS) is 14.4. The highest BCUT2D eigenvalue weighted by atomic mass is 16.4. The summed E-state index contributed by atoms with van der Waals surface area (Å²) in [5.74, 6) is -6.10. The van der Waals surface area contributed by atoms with Crippen molar-refractivity contribution in [3.8, 4) is 0 Å². The van der Waals surface area contributed by atoms with Gasteiger partial charge in [-0.05, 0) is 129 Å². The van der Waals surface area contributed by atoms with Crippen LogP contribution in [0.3, 0.4) is 0 Å². The maximum Gasteiger partial charge on any atom is 0.326 e. The lowest BCUT2D eigenvalue weighted by molar-refractivity contribution is -0.143. The first-order chi connectivity index (χ1) is 26.2. The molecule has 6 atom stereocenters. The monoisotopic (exact) mass is 788 g/mol. The molecule has 0 aliphatic rings. The van der Waals surface area contributed by atoms with E-state index < -0.39 is 84.1 Å². The van der Waals surface area contributed by atoms with Gasteiger partial charge in [0.25, 0.3) is 0 Å². The zero-order valence-electron chi connectivity index (χ0n) is 32.2. The lowest BCUT2D eigenvalue weighted by Gasteiger charge is -2.27. The van der Waals surface area contributed by atoms with Gasteiger partial charge in [-0.25, -0.2) is 4.79 Å². The number of aliphatic carboxylic acids is 2. The van der Waals surface area contributed by atoms with Gasteiger partial charge in [-0.15, -0.1) is 0 Å².